The molecule has 0 N–H and O–H groups in total. The van der Waals surface area contributed by atoms with Gasteiger partial charge in [-0.3, -0.25) is 9.59 Å². The van der Waals surface area contributed by atoms with E-state index in [2.05, 4.69) is 15.9 Å². The molecule has 0 aromatic heterocycles. The number of esters is 1. The third-order valence-corrected chi connectivity index (χ3v) is 4.20. The zero-order chi connectivity index (χ0) is 14.9. The predicted octanol–water partition coefficient (Wildman–Crippen LogP) is 2.47. The number of ether oxygens (including phenoxy) is 1. The first kappa shape index (κ1) is 15.0. The number of nitrogens with zero attached hydrogens (tertiary/aromatic N) is 1. The molecule has 4 nitrogen and oxygen atoms in total. The minimum Gasteiger partial charge on any atom is -0.469 e. The van der Waals surface area contributed by atoms with Crippen molar-refractivity contribution in [2.75, 3.05) is 20.2 Å². The van der Waals surface area contributed by atoms with Crippen LogP contribution in [0.1, 0.15) is 17.3 Å². The number of carbonyl (C=O) groups is 2. The Kier molecular flexibility index (Phi) is 4.42. The number of halogens is 2. The summed E-state index contributed by atoms with van der Waals surface area (Å²) >= 11 is 3.06. The van der Waals surface area contributed by atoms with Crippen molar-refractivity contribution in [1.29, 1.82) is 0 Å². The average Bonchev–Trinajstić information content (AvgIpc) is 2.82. The molecule has 1 aromatic rings. The summed E-state index contributed by atoms with van der Waals surface area (Å²) in [5.74, 6) is -1.66. The molecule has 0 saturated carbocycles. The number of amides is 1. The SMILES string of the molecule is COC(=O)C1CN(C(=O)c2cccc(Br)c2F)CC1C. The molecule has 108 valence electrons. The van der Waals surface area contributed by atoms with Gasteiger partial charge >= 0.3 is 5.97 Å². The molecule has 1 fully saturated rings. The number of carbonyl (C=O) groups excluding carboxylic acids is 2. The van der Waals surface area contributed by atoms with E-state index in [1.54, 1.807) is 6.07 Å². The molecule has 20 heavy (non-hydrogen) atoms. The van der Waals surface area contributed by atoms with Crippen LogP contribution in [-0.2, 0) is 9.53 Å². The van der Waals surface area contributed by atoms with Crippen LogP contribution >= 0.6 is 15.9 Å². The van der Waals surface area contributed by atoms with E-state index in [1.165, 1.54) is 24.1 Å². The standard InChI is InChI=1S/C14H15BrFNO3/c1-8-6-17(7-10(8)14(19)20-2)13(18)9-4-3-5-11(15)12(9)16/h3-5,8,10H,6-7H2,1-2H3. The lowest BCUT2D eigenvalue weighted by Crippen LogP contribution is -2.30. The van der Waals surface area contributed by atoms with Crippen molar-refractivity contribution in [2.24, 2.45) is 11.8 Å². The van der Waals surface area contributed by atoms with E-state index < -0.39 is 11.7 Å². The van der Waals surface area contributed by atoms with Gasteiger partial charge in [-0.1, -0.05) is 13.0 Å². The number of benzene rings is 1. The van der Waals surface area contributed by atoms with Crippen LogP contribution in [0.25, 0.3) is 0 Å². The van der Waals surface area contributed by atoms with Gasteiger partial charge in [-0.15, -0.1) is 0 Å². The molecular formula is C14H15BrFNO3. The highest BCUT2D eigenvalue weighted by Gasteiger charge is 2.38. The van der Waals surface area contributed by atoms with Gasteiger partial charge in [-0.25, -0.2) is 4.39 Å². The van der Waals surface area contributed by atoms with Crippen LogP contribution in [0.5, 0.6) is 0 Å². The van der Waals surface area contributed by atoms with Gasteiger partial charge in [0.25, 0.3) is 5.91 Å². The molecule has 2 rings (SSSR count). The molecule has 1 aliphatic heterocycles. The molecule has 0 spiro atoms. The fourth-order valence-corrected chi connectivity index (χ4v) is 2.80. The van der Waals surface area contributed by atoms with Gasteiger partial charge < -0.3 is 9.64 Å². The van der Waals surface area contributed by atoms with Crippen molar-refractivity contribution in [1.82, 2.24) is 4.90 Å². The third-order valence-electron chi connectivity index (χ3n) is 3.59. The molecule has 1 amide bonds. The Morgan fingerprint density at radius 2 is 2.10 bits per heavy atom. The van der Waals surface area contributed by atoms with Crippen LogP contribution in [-0.4, -0.2) is 37.0 Å². The Morgan fingerprint density at radius 3 is 2.75 bits per heavy atom. The van der Waals surface area contributed by atoms with Gasteiger partial charge in [0.05, 0.1) is 23.1 Å². The maximum absolute atomic E-state index is 13.9. The summed E-state index contributed by atoms with van der Waals surface area (Å²) in [5, 5.41) is 0. The van der Waals surface area contributed by atoms with Crippen molar-refractivity contribution in [3.63, 3.8) is 0 Å². The number of hydrogen-bond donors (Lipinski definition) is 0. The molecule has 0 radical (unpaired) electrons. The van der Waals surface area contributed by atoms with E-state index in [-0.39, 0.29) is 34.4 Å². The fourth-order valence-electron chi connectivity index (χ4n) is 2.43. The maximum Gasteiger partial charge on any atom is 0.310 e. The Labute approximate surface area is 125 Å². The zero-order valence-electron chi connectivity index (χ0n) is 11.2. The number of methoxy groups -OCH3 is 1. The largest absolute Gasteiger partial charge is 0.469 e. The minimum absolute atomic E-state index is 0.00149. The lowest BCUT2D eigenvalue weighted by Gasteiger charge is -2.16. The second-order valence-corrected chi connectivity index (χ2v) is 5.77. The summed E-state index contributed by atoms with van der Waals surface area (Å²) < 4.78 is 18.9. The number of hydrogen-bond acceptors (Lipinski definition) is 3. The third kappa shape index (κ3) is 2.70. The molecule has 1 aliphatic rings. The van der Waals surface area contributed by atoms with Crippen LogP contribution in [0, 0.1) is 17.7 Å². The molecule has 1 saturated heterocycles. The van der Waals surface area contributed by atoms with Crippen LogP contribution < -0.4 is 0 Å². The van der Waals surface area contributed by atoms with E-state index >= 15 is 0 Å². The number of likely N-dealkylation sites (tertiary alicyclic amines) is 1. The maximum atomic E-state index is 13.9. The summed E-state index contributed by atoms with van der Waals surface area (Å²) in [7, 11) is 1.33. The van der Waals surface area contributed by atoms with E-state index in [9.17, 15) is 14.0 Å². The quantitative estimate of drug-likeness (QED) is 0.775. The lowest BCUT2D eigenvalue weighted by molar-refractivity contribution is -0.146. The molecule has 6 heteroatoms. The predicted molar refractivity (Wildman–Crippen MR) is 74.7 cm³/mol. The van der Waals surface area contributed by atoms with Gasteiger partial charge in [-0.2, -0.15) is 0 Å². The van der Waals surface area contributed by atoms with Gasteiger partial charge in [0.1, 0.15) is 5.82 Å². The van der Waals surface area contributed by atoms with E-state index in [4.69, 9.17) is 4.74 Å². The Hall–Kier alpha value is -1.43. The number of rotatable bonds is 2. The second kappa shape index (κ2) is 5.91. The highest BCUT2D eigenvalue weighted by molar-refractivity contribution is 9.10. The molecule has 0 bridgehead atoms. The molecular weight excluding hydrogens is 329 g/mol. The van der Waals surface area contributed by atoms with Gasteiger partial charge in [0, 0.05) is 13.1 Å². The van der Waals surface area contributed by atoms with Crippen molar-refractivity contribution in [3.05, 3.63) is 34.1 Å². The van der Waals surface area contributed by atoms with Crippen molar-refractivity contribution in [3.8, 4) is 0 Å². The Morgan fingerprint density at radius 1 is 1.40 bits per heavy atom. The monoisotopic (exact) mass is 343 g/mol. The molecule has 1 heterocycles. The fraction of sp³-hybridized carbons (Fsp3) is 0.429. The summed E-state index contributed by atoms with van der Waals surface area (Å²) in [4.78, 5) is 25.4. The van der Waals surface area contributed by atoms with Crippen LogP contribution in [0.4, 0.5) is 4.39 Å². The molecule has 1 aromatic carbocycles. The van der Waals surface area contributed by atoms with Gasteiger partial charge in [-0.05, 0) is 34.0 Å². The van der Waals surface area contributed by atoms with Crippen LogP contribution in [0.15, 0.2) is 22.7 Å². The molecule has 2 unspecified atom stereocenters. The van der Waals surface area contributed by atoms with Crippen LogP contribution in [0.3, 0.4) is 0 Å². The first-order valence-electron chi connectivity index (χ1n) is 6.26. The topological polar surface area (TPSA) is 46.6 Å². The van der Waals surface area contributed by atoms with E-state index in [0.717, 1.165) is 0 Å². The summed E-state index contributed by atoms with van der Waals surface area (Å²) in [5.41, 5.74) is 0.0112. The van der Waals surface area contributed by atoms with Gasteiger partial charge in [0.15, 0.2) is 0 Å². The first-order chi connectivity index (χ1) is 9.45. The smallest absolute Gasteiger partial charge is 0.310 e. The van der Waals surface area contributed by atoms with Crippen molar-refractivity contribution >= 4 is 27.8 Å². The normalized spacial score (nSPS) is 21.9. The second-order valence-electron chi connectivity index (χ2n) is 4.92. The minimum atomic E-state index is -0.577. The summed E-state index contributed by atoms with van der Waals surface area (Å²) in [6.07, 6.45) is 0. The van der Waals surface area contributed by atoms with Crippen LogP contribution in [0.2, 0.25) is 0 Å². The average molecular weight is 344 g/mol. The van der Waals surface area contributed by atoms with E-state index in [1.807, 2.05) is 6.92 Å². The first-order valence-corrected chi connectivity index (χ1v) is 7.06. The lowest BCUT2D eigenvalue weighted by atomic mass is 9.99. The Balaban J connectivity index is 2.19. The highest BCUT2D eigenvalue weighted by atomic mass is 79.9. The zero-order valence-corrected chi connectivity index (χ0v) is 12.8. The Bertz CT molecular complexity index is 549. The van der Waals surface area contributed by atoms with Gasteiger partial charge in [0.2, 0.25) is 0 Å². The summed E-state index contributed by atoms with van der Waals surface area (Å²) in [6, 6.07) is 4.59. The molecule has 0 aliphatic carbocycles. The molecule has 2 atom stereocenters. The van der Waals surface area contributed by atoms with Crippen molar-refractivity contribution in [2.45, 2.75) is 6.92 Å². The highest BCUT2D eigenvalue weighted by Crippen LogP contribution is 2.27. The summed E-state index contributed by atoms with van der Waals surface area (Å²) in [6.45, 7) is 2.56. The van der Waals surface area contributed by atoms with E-state index in [0.29, 0.717) is 6.54 Å². The van der Waals surface area contributed by atoms with Crippen molar-refractivity contribution < 1.29 is 18.7 Å².